The standard InChI is InChI=1S/C21H25F2NO4/c1-13-2-3-15(8-17(13)28-20(22)23)14-4-6-24(7-5-14)19(26)16-9-21(10-16)11-18(25)27-12-21/h2-3,8,14,16,20H,4-7,9-12H2,1H3. The Bertz CT molecular complexity index is 768. The number of halogens is 2. The van der Waals surface area contributed by atoms with E-state index in [-0.39, 0.29) is 34.9 Å². The summed E-state index contributed by atoms with van der Waals surface area (Å²) in [4.78, 5) is 26.0. The van der Waals surface area contributed by atoms with Crippen molar-refractivity contribution in [2.45, 2.75) is 51.6 Å². The first-order valence-corrected chi connectivity index (χ1v) is 9.85. The maximum Gasteiger partial charge on any atom is 0.387 e. The van der Waals surface area contributed by atoms with Crippen molar-refractivity contribution in [1.29, 1.82) is 0 Å². The van der Waals surface area contributed by atoms with Gasteiger partial charge in [-0.1, -0.05) is 12.1 Å². The molecule has 1 aromatic carbocycles. The summed E-state index contributed by atoms with van der Waals surface area (Å²) in [6, 6.07) is 5.47. The van der Waals surface area contributed by atoms with Gasteiger partial charge in [-0.3, -0.25) is 9.59 Å². The summed E-state index contributed by atoms with van der Waals surface area (Å²) >= 11 is 0. The zero-order chi connectivity index (χ0) is 19.9. The quantitative estimate of drug-likeness (QED) is 0.733. The van der Waals surface area contributed by atoms with Crippen molar-refractivity contribution >= 4 is 11.9 Å². The van der Waals surface area contributed by atoms with Gasteiger partial charge in [-0.2, -0.15) is 8.78 Å². The Morgan fingerprint density at radius 1 is 1.29 bits per heavy atom. The molecule has 28 heavy (non-hydrogen) atoms. The van der Waals surface area contributed by atoms with E-state index >= 15 is 0 Å². The lowest BCUT2D eigenvalue weighted by molar-refractivity contribution is -0.144. The molecule has 0 bridgehead atoms. The fourth-order valence-electron chi connectivity index (χ4n) is 4.85. The van der Waals surface area contributed by atoms with Crippen LogP contribution in [0.1, 0.15) is 49.1 Å². The number of piperidine rings is 1. The molecule has 0 aromatic heterocycles. The number of rotatable bonds is 4. The van der Waals surface area contributed by atoms with E-state index in [9.17, 15) is 18.4 Å². The van der Waals surface area contributed by atoms with Crippen molar-refractivity contribution in [2.24, 2.45) is 11.3 Å². The van der Waals surface area contributed by atoms with Crippen molar-refractivity contribution in [3.05, 3.63) is 29.3 Å². The lowest BCUT2D eigenvalue weighted by Gasteiger charge is -2.45. The number of amides is 1. The van der Waals surface area contributed by atoms with Gasteiger partial charge in [0.25, 0.3) is 0 Å². The fraction of sp³-hybridized carbons (Fsp3) is 0.619. The highest BCUT2D eigenvalue weighted by Gasteiger charge is 2.53. The number of cyclic esters (lactones) is 1. The summed E-state index contributed by atoms with van der Waals surface area (Å²) in [5.41, 5.74) is 1.57. The Morgan fingerprint density at radius 3 is 2.61 bits per heavy atom. The second-order valence-electron chi connectivity index (χ2n) is 8.45. The van der Waals surface area contributed by atoms with Gasteiger partial charge in [-0.25, -0.2) is 0 Å². The minimum atomic E-state index is -2.83. The lowest BCUT2D eigenvalue weighted by atomic mass is 9.61. The first-order chi connectivity index (χ1) is 13.3. The molecule has 1 amide bonds. The first-order valence-electron chi connectivity index (χ1n) is 9.85. The van der Waals surface area contributed by atoms with E-state index in [4.69, 9.17) is 4.74 Å². The summed E-state index contributed by atoms with van der Waals surface area (Å²) in [5, 5.41) is 0. The molecule has 2 aliphatic heterocycles. The molecule has 0 N–H and O–H groups in total. The van der Waals surface area contributed by atoms with E-state index in [2.05, 4.69) is 4.74 Å². The average Bonchev–Trinajstić information content (AvgIpc) is 3.04. The highest BCUT2D eigenvalue weighted by Crippen LogP contribution is 2.52. The highest BCUT2D eigenvalue weighted by molar-refractivity contribution is 5.81. The summed E-state index contributed by atoms with van der Waals surface area (Å²) in [7, 11) is 0. The van der Waals surface area contributed by atoms with Crippen LogP contribution in [0.4, 0.5) is 8.78 Å². The molecule has 2 heterocycles. The number of carbonyl (C=O) groups is 2. The van der Waals surface area contributed by atoms with E-state index in [0.717, 1.165) is 31.2 Å². The van der Waals surface area contributed by atoms with E-state index in [1.165, 1.54) is 0 Å². The number of carbonyl (C=O) groups excluding carboxylic acids is 2. The number of hydrogen-bond donors (Lipinski definition) is 0. The van der Waals surface area contributed by atoms with Gasteiger partial charge in [0.1, 0.15) is 5.75 Å². The van der Waals surface area contributed by atoms with Crippen LogP contribution in [-0.2, 0) is 14.3 Å². The molecule has 0 atom stereocenters. The van der Waals surface area contributed by atoms with Crippen molar-refractivity contribution in [2.75, 3.05) is 19.7 Å². The number of likely N-dealkylation sites (tertiary alicyclic amines) is 1. The van der Waals surface area contributed by atoms with E-state index in [1.807, 2.05) is 17.0 Å². The minimum absolute atomic E-state index is 0.00327. The number of esters is 1. The van der Waals surface area contributed by atoms with Gasteiger partial charge in [0.05, 0.1) is 13.0 Å². The number of hydrogen-bond acceptors (Lipinski definition) is 4. The van der Waals surface area contributed by atoms with Crippen molar-refractivity contribution in [1.82, 2.24) is 4.90 Å². The van der Waals surface area contributed by atoms with Crippen LogP contribution in [0.25, 0.3) is 0 Å². The van der Waals surface area contributed by atoms with Crippen LogP contribution in [0.2, 0.25) is 0 Å². The van der Waals surface area contributed by atoms with E-state index in [0.29, 0.717) is 31.7 Å². The zero-order valence-corrected chi connectivity index (χ0v) is 16.0. The summed E-state index contributed by atoms with van der Waals surface area (Å²) in [5.74, 6) is 0.475. The third kappa shape index (κ3) is 3.71. The molecule has 1 spiro atoms. The third-order valence-corrected chi connectivity index (χ3v) is 6.47. The number of nitrogens with zero attached hydrogens (tertiary/aromatic N) is 1. The van der Waals surface area contributed by atoms with Crippen LogP contribution in [0.5, 0.6) is 5.75 Å². The van der Waals surface area contributed by atoms with Crippen molar-refractivity contribution in [3.63, 3.8) is 0 Å². The fourth-order valence-corrected chi connectivity index (χ4v) is 4.85. The monoisotopic (exact) mass is 393 g/mol. The van der Waals surface area contributed by atoms with Gasteiger partial charge in [-0.15, -0.1) is 0 Å². The maximum atomic E-state index is 12.8. The molecule has 4 rings (SSSR count). The minimum Gasteiger partial charge on any atom is -0.465 e. The van der Waals surface area contributed by atoms with E-state index in [1.54, 1.807) is 13.0 Å². The molecular weight excluding hydrogens is 368 g/mol. The molecule has 1 saturated carbocycles. The third-order valence-electron chi connectivity index (χ3n) is 6.47. The van der Waals surface area contributed by atoms with Crippen molar-refractivity contribution < 1.29 is 27.8 Å². The van der Waals surface area contributed by atoms with Gasteiger partial charge < -0.3 is 14.4 Å². The summed E-state index contributed by atoms with van der Waals surface area (Å²) < 4.78 is 34.8. The topological polar surface area (TPSA) is 55.8 Å². The number of alkyl halides is 2. The van der Waals surface area contributed by atoms with Crippen LogP contribution < -0.4 is 4.74 Å². The van der Waals surface area contributed by atoms with Crippen LogP contribution in [0.3, 0.4) is 0 Å². The SMILES string of the molecule is Cc1ccc(C2CCN(C(=O)C3CC4(COC(=O)C4)C3)CC2)cc1OC(F)F. The Labute approximate surface area is 163 Å². The number of benzene rings is 1. The molecule has 1 aromatic rings. The second-order valence-corrected chi connectivity index (χ2v) is 8.45. The molecular formula is C21H25F2NO4. The molecule has 7 heteroatoms. The Balaban J connectivity index is 1.31. The maximum absolute atomic E-state index is 12.8. The van der Waals surface area contributed by atoms with Gasteiger partial charge in [0, 0.05) is 24.4 Å². The molecule has 3 aliphatic rings. The Morgan fingerprint density at radius 2 is 2.00 bits per heavy atom. The summed E-state index contributed by atoms with van der Waals surface area (Å²) in [6.45, 7) is 0.702. The van der Waals surface area contributed by atoms with Gasteiger partial charge >= 0.3 is 12.6 Å². The van der Waals surface area contributed by atoms with E-state index < -0.39 is 6.61 Å². The lowest BCUT2D eigenvalue weighted by Crippen LogP contribution is -2.49. The number of aryl methyl sites for hydroxylation is 1. The average molecular weight is 393 g/mol. The highest BCUT2D eigenvalue weighted by atomic mass is 19.3. The Kier molecular flexibility index (Phi) is 5.02. The molecule has 3 fully saturated rings. The van der Waals surface area contributed by atoms with Crippen LogP contribution in [0, 0.1) is 18.3 Å². The molecule has 5 nitrogen and oxygen atoms in total. The van der Waals surface area contributed by atoms with Crippen LogP contribution in [0.15, 0.2) is 18.2 Å². The predicted molar refractivity (Wildman–Crippen MR) is 97.1 cm³/mol. The zero-order valence-electron chi connectivity index (χ0n) is 16.0. The van der Waals surface area contributed by atoms with Crippen LogP contribution in [-0.4, -0.2) is 43.1 Å². The molecule has 1 aliphatic carbocycles. The molecule has 0 radical (unpaired) electrons. The number of ether oxygens (including phenoxy) is 2. The van der Waals surface area contributed by atoms with Gasteiger partial charge in [0.2, 0.25) is 5.91 Å². The normalized spacial score (nSPS) is 27.8. The van der Waals surface area contributed by atoms with Crippen molar-refractivity contribution in [3.8, 4) is 5.75 Å². The van der Waals surface area contributed by atoms with Gasteiger partial charge in [0.15, 0.2) is 0 Å². The first kappa shape index (κ1) is 19.2. The van der Waals surface area contributed by atoms with Crippen LogP contribution >= 0.6 is 0 Å². The molecule has 2 saturated heterocycles. The Hall–Kier alpha value is -2.18. The molecule has 0 unspecified atom stereocenters. The van der Waals surface area contributed by atoms with Gasteiger partial charge in [-0.05, 0) is 55.7 Å². The second kappa shape index (κ2) is 7.33. The molecule has 152 valence electrons. The predicted octanol–water partition coefficient (Wildman–Crippen LogP) is 3.65. The summed E-state index contributed by atoms with van der Waals surface area (Å²) in [6.07, 6.45) is 3.54. The smallest absolute Gasteiger partial charge is 0.387 e. The largest absolute Gasteiger partial charge is 0.465 e.